The summed E-state index contributed by atoms with van der Waals surface area (Å²) in [5.41, 5.74) is -0.280. The predicted octanol–water partition coefficient (Wildman–Crippen LogP) is 2.23. The zero-order valence-electron chi connectivity index (χ0n) is 20.5. The molecule has 1 aromatic heterocycles. The molecule has 3 aromatic rings. The van der Waals surface area contributed by atoms with E-state index in [0.717, 1.165) is 0 Å². The Morgan fingerprint density at radius 2 is 1.51 bits per heavy atom. The molecule has 1 aliphatic heterocycles. The lowest BCUT2D eigenvalue weighted by molar-refractivity contribution is -0.0582. The van der Waals surface area contributed by atoms with Crippen molar-refractivity contribution in [2.24, 2.45) is 0 Å². The fourth-order valence-corrected chi connectivity index (χ4v) is 3.85. The van der Waals surface area contributed by atoms with Crippen LogP contribution in [0.25, 0.3) is 0 Å². The number of aryl methyl sites for hydroxylation is 1. The topological polar surface area (TPSA) is 135 Å². The molecule has 37 heavy (non-hydrogen) atoms. The van der Waals surface area contributed by atoms with Crippen LogP contribution in [0.5, 0.6) is 11.5 Å². The van der Waals surface area contributed by atoms with Crippen LogP contribution in [-0.4, -0.2) is 54.5 Å². The molecule has 0 bridgehead atoms. The highest BCUT2D eigenvalue weighted by Crippen LogP contribution is 2.31. The third-order valence-corrected chi connectivity index (χ3v) is 5.93. The van der Waals surface area contributed by atoms with E-state index >= 15 is 0 Å². The maximum absolute atomic E-state index is 12.8. The number of hydrogen-bond donors (Lipinski definition) is 1. The first-order chi connectivity index (χ1) is 17.8. The molecule has 11 heteroatoms. The predicted molar refractivity (Wildman–Crippen MR) is 130 cm³/mol. The molecule has 0 spiro atoms. The molecule has 3 atom stereocenters. The van der Waals surface area contributed by atoms with E-state index in [4.69, 9.17) is 23.7 Å². The van der Waals surface area contributed by atoms with Crippen molar-refractivity contribution < 1.29 is 33.3 Å². The Hall–Kier alpha value is -4.38. The molecule has 1 saturated heterocycles. The second kappa shape index (κ2) is 11.1. The van der Waals surface area contributed by atoms with Crippen LogP contribution in [-0.2, 0) is 14.2 Å². The Morgan fingerprint density at radius 3 is 2.08 bits per heavy atom. The van der Waals surface area contributed by atoms with Gasteiger partial charge in [0.25, 0.3) is 5.56 Å². The van der Waals surface area contributed by atoms with Crippen molar-refractivity contribution in [3.8, 4) is 11.5 Å². The highest BCUT2D eigenvalue weighted by molar-refractivity contribution is 5.90. The number of aromatic nitrogens is 2. The van der Waals surface area contributed by atoms with Crippen molar-refractivity contribution >= 4 is 11.9 Å². The van der Waals surface area contributed by atoms with Gasteiger partial charge in [0.1, 0.15) is 36.5 Å². The molecule has 0 radical (unpaired) electrons. The third kappa shape index (κ3) is 5.89. The van der Waals surface area contributed by atoms with E-state index in [2.05, 4.69) is 4.98 Å². The van der Waals surface area contributed by atoms with E-state index < -0.39 is 41.6 Å². The monoisotopic (exact) mass is 510 g/mol. The van der Waals surface area contributed by atoms with Crippen LogP contribution in [0.3, 0.4) is 0 Å². The van der Waals surface area contributed by atoms with Crippen LogP contribution >= 0.6 is 0 Å². The number of carbonyl (C=O) groups is 2. The lowest BCUT2D eigenvalue weighted by atomic mass is 10.1. The van der Waals surface area contributed by atoms with Gasteiger partial charge < -0.3 is 23.7 Å². The zero-order valence-corrected chi connectivity index (χ0v) is 20.5. The standard InChI is InChI=1S/C26H26N2O9/c1-15-13-28(26(32)27-23(15)29)22-12-20(37-25(31)17-6-10-19(34-3)11-7-17)21(36-22)14-35-24(30)16-4-8-18(33-2)9-5-16/h4-11,13,20-22H,12,14H2,1-3H3,(H,27,29,32)/t20-,21+,22+/m0/s1. The minimum atomic E-state index is -0.867. The van der Waals surface area contributed by atoms with Gasteiger partial charge in [0.15, 0.2) is 0 Å². The second-order valence-electron chi connectivity index (χ2n) is 8.34. The molecule has 194 valence electrons. The van der Waals surface area contributed by atoms with E-state index in [1.807, 2.05) is 0 Å². The largest absolute Gasteiger partial charge is 0.497 e. The molecule has 0 amide bonds. The van der Waals surface area contributed by atoms with E-state index in [1.54, 1.807) is 55.5 Å². The van der Waals surface area contributed by atoms with Crippen LogP contribution in [0, 0.1) is 6.92 Å². The SMILES string of the molecule is COc1ccc(C(=O)OC[C@H]2O[C@@H](n3cc(C)c(=O)[nH]c3=O)C[C@@H]2OC(=O)c2ccc(OC)cc2)cc1. The van der Waals surface area contributed by atoms with Crippen molar-refractivity contribution in [3.63, 3.8) is 0 Å². The van der Waals surface area contributed by atoms with Gasteiger partial charge >= 0.3 is 17.6 Å². The molecule has 0 aliphatic carbocycles. The average Bonchev–Trinajstić information content (AvgIpc) is 3.31. The molecular formula is C26H26N2O9. The number of rotatable bonds is 8. The molecule has 0 saturated carbocycles. The number of aromatic amines is 1. The number of carbonyl (C=O) groups excluding carboxylic acids is 2. The first-order valence-corrected chi connectivity index (χ1v) is 11.4. The Balaban J connectivity index is 1.52. The van der Waals surface area contributed by atoms with E-state index in [0.29, 0.717) is 22.6 Å². The van der Waals surface area contributed by atoms with Gasteiger partial charge in [-0.2, -0.15) is 0 Å². The van der Waals surface area contributed by atoms with Crippen molar-refractivity contribution in [2.45, 2.75) is 31.8 Å². The zero-order chi connectivity index (χ0) is 26.5. The highest BCUT2D eigenvalue weighted by atomic mass is 16.6. The maximum atomic E-state index is 12.8. The van der Waals surface area contributed by atoms with Crippen molar-refractivity contribution in [1.82, 2.24) is 9.55 Å². The van der Waals surface area contributed by atoms with Gasteiger partial charge in [0.05, 0.1) is 25.3 Å². The van der Waals surface area contributed by atoms with Gasteiger partial charge in [0.2, 0.25) is 0 Å². The molecule has 2 aromatic carbocycles. The van der Waals surface area contributed by atoms with Gasteiger partial charge in [0, 0.05) is 18.2 Å². The summed E-state index contributed by atoms with van der Waals surface area (Å²) in [6.07, 6.45) is -1.10. The summed E-state index contributed by atoms with van der Waals surface area (Å²) in [6.45, 7) is 1.32. The number of nitrogens with zero attached hydrogens (tertiary/aromatic N) is 1. The van der Waals surface area contributed by atoms with Gasteiger partial charge in [-0.15, -0.1) is 0 Å². The number of ether oxygens (including phenoxy) is 5. The maximum Gasteiger partial charge on any atom is 0.338 e. The van der Waals surface area contributed by atoms with Crippen LogP contribution in [0.1, 0.15) is 38.9 Å². The summed E-state index contributed by atoms with van der Waals surface area (Å²) in [7, 11) is 3.03. The third-order valence-electron chi connectivity index (χ3n) is 5.93. The minimum Gasteiger partial charge on any atom is -0.497 e. The molecule has 2 heterocycles. The summed E-state index contributed by atoms with van der Waals surface area (Å²) in [5, 5.41) is 0. The molecule has 1 aliphatic rings. The fraction of sp³-hybridized carbons (Fsp3) is 0.308. The fourth-order valence-electron chi connectivity index (χ4n) is 3.85. The van der Waals surface area contributed by atoms with Gasteiger partial charge in [-0.25, -0.2) is 14.4 Å². The minimum absolute atomic E-state index is 0.0953. The molecule has 0 unspecified atom stereocenters. The summed E-state index contributed by atoms with van der Waals surface area (Å²) in [4.78, 5) is 51.8. The number of esters is 2. The van der Waals surface area contributed by atoms with E-state index in [1.165, 1.54) is 25.0 Å². The molecule has 1 fully saturated rings. The summed E-state index contributed by atoms with van der Waals surface area (Å²) in [5.74, 6) is -0.0528. The molecular weight excluding hydrogens is 484 g/mol. The number of benzene rings is 2. The van der Waals surface area contributed by atoms with Gasteiger partial charge in [-0.1, -0.05) is 0 Å². The lowest BCUT2D eigenvalue weighted by Crippen LogP contribution is -2.33. The van der Waals surface area contributed by atoms with Crippen LogP contribution in [0.4, 0.5) is 0 Å². The average molecular weight is 510 g/mol. The molecule has 1 N–H and O–H groups in total. The normalized spacial score (nSPS) is 18.7. The van der Waals surface area contributed by atoms with Crippen LogP contribution < -0.4 is 20.7 Å². The Morgan fingerprint density at radius 1 is 0.946 bits per heavy atom. The quantitative estimate of drug-likeness (QED) is 0.453. The molecule has 4 rings (SSSR count). The smallest absolute Gasteiger partial charge is 0.338 e. The molecule has 11 nitrogen and oxygen atoms in total. The Labute approximate surface area is 211 Å². The second-order valence-corrected chi connectivity index (χ2v) is 8.34. The summed E-state index contributed by atoms with van der Waals surface area (Å²) in [6, 6.07) is 12.7. The van der Waals surface area contributed by atoms with E-state index in [9.17, 15) is 19.2 Å². The number of nitrogens with one attached hydrogen (secondary N) is 1. The van der Waals surface area contributed by atoms with Crippen molar-refractivity contribution in [2.75, 3.05) is 20.8 Å². The first kappa shape index (κ1) is 25.7. The number of methoxy groups -OCH3 is 2. The van der Waals surface area contributed by atoms with Crippen LogP contribution in [0.15, 0.2) is 64.3 Å². The number of H-pyrrole nitrogens is 1. The lowest BCUT2D eigenvalue weighted by Gasteiger charge is -2.19. The summed E-state index contributed by atoms with van der Waals surface area (Å²) >= 11 is 0. The van der Waals surface area contributed by atoms with Gasteiger partial charge in [-0.05, 0) is 55.5 Å². The first-order valence-electron chi connectivity index (χ1n) is 11.4. The van der Waals surface area contributed by atoms with Crippen molar-refractivity contribution in [3.05, 3.63) is 92.3 Å². The number of hydrogen-bond acceptors (Lipinski definition) is 9. The van der Waals surface area contributed by atoms with Crippen LogP contribution in [0.2, 0.25) is 0 Å². The van der Waals surface area contributed by atoms with E-state index in [-0.39, 0.29) is 18.6 Å². The Kier molecular flexibility index (Phi) is 7.73. The van der Waals surface area contributed by atoms with Crippen molar-refractivity contribution in [1.29, 1.82) is 0 Å². The summed E-state index contributed by atoms with van der Waals surface area (Å²) < 4.78 is 28.5. The van der Waals surface area contributed by atoms with Gasteiger partial charge in [-0.3, -0.25) is 14.3 Å². The highest BCUT2D eigenvalue weighted by Gasteiger charge is 2.40. The Bertz CT molecular complexity index is 1380.